The molecular weight excluding hydrogens is 294 g/mol. The Morgan fingerprint density at radius 2 is 2.09 bits per heavy atom. The molecule has 0 radical (unpaired) electrons. The zero-order valence-electron chi connectivity index (χ0n) is 12.9. The zero-order chi connectivity index (χ0) is 16.3. The molecule has 1 aliphatic carbocycles. The summed E-state index contributed by atoms with van der Waals surface area (Å²) in [6.07, 6.45) is 10.7. The van der Waals surface area contributed by atoms with Crippen molar-refractivity contribution in [1.82, 2.24) is 15.5 Å². The maximum atomic E-state index is 12.4. The summed E-state index contributed by atoms with van der Waals surface area (Å²) in [5, 5.41) is 17.4. The second-order valence-corrected chi connectivity index (χ2v) is 5.95. The first-order valence-corrected chi connectivity index (χ1v) is 7.91. The number of aromatic nitrogens is 2. The molecule has 0 saturated carbocycles. The molecule has 3 rings (SSSR count). The lowest BCUT2D eigenvalue weighted by atomic mass is 9.93. The second kappa shape index (κ2) is 6.32. The van der Waals surface area contributed by atoms with Crippen molar-refractivity contribution >= 4 is 5.91 Å². The number of nitrogens with zero attached hydrogens (tertiary/aromatic N) is 3. The lowest BCUT2D eigenvalue weighted by Crippen LogP contribution is -2.35. The van der Waals surface area contributed by atoms with Gasteiger partial charge in [0, 0.05) is 25.8 Å². The summed E-state index contributed by atoms with van der Waals surface area (Å²) >= 11 is 0. The highest BCUT2D eigenvalue weighted by molar-refractivity contribution is 5.95. The van der Waals surface area contributed by atoms with Gasteiger partial charge in [-0.1, -0.05) is 0 Å². The standard InChI is InChI=1S/C16H19N5O2/c1-2-3-8-16(20-21-16)9-10-17-14(22)13-11-6-4-5-7-12(11)18-19-15(13)23/h1H,3-10H2,(H,17,22)(H,19,23). The van der Waals surface area contributed by atoms with Crippen molar-refractivity contribution in [3.8, 4) is 12.3 Å². The molecule has 0 fully saturated rings. The predicted octanol–water partition coefficient (Wildman–Crippen LogP) is 1.34. The fourth-order valence-corrected chi connectivity index (χ4v) is 2.97. The van der Waals surface area contributed by atoms with Crippen molar-refractivity contribution in [2.24, 2.45) is 10.2 Å². The summed E-state index contributed by atoms with van der Waals surface area (Å²) in [5.41, 5.74) is 0.978. The molecule has 1 aliphatic heterocycles. The van der Waals surface area contributed by atoms with Gasteiger partial charge in [0.1, 0.15) is 5.56 Å². The van der Waals surface area contributed by atoms with Crippen LogP contribution in [0.5, 0.6) is 0 Å². The Hall–Kier alpha value is -2.49. The van der Waals surface area contributed by atoms with Gasteiger partial charge in [-0.3, -0.25) is 9.59 Å². The summed E-state index contributed by atoms with van der Waals surface area (Å²) < 4.78 is 0. The molecule has 7 heteroatoms. The van der Waals surface area contributed by atoms with Gasteiger partial charge < -0.3 is 5.32 Å². The highest BCUT2D eigenvalue weighted by Crippen LogP contribution is 2.36. The SMILES string of the molecule is C#CCCC1(CCNC(=O)c2c3c(n[nH]c2=O)CCCC3)N=N1. The molecule has 120 valence electrons. The molecule has 0 aromatic carbocycles. The van der Waals surface area contributed by atoms with Gasteiger partial charge >= 0.3 is 0 Å². The van der Waals surface area contributed by atoms with Crippen LogP contribution in [-0.2, 0) is 12.8 Å². The molecule has 0 saturated heterocycles. The van der Waals surface area contributed by atoms with E-state index in [1.807, 2.05) is 0 Å². The zero-order valence-corrected chi connectivity index (χ0v) is 12.9. The van der Waals surface area contributed by atoms with Gasteiger partial charge in [-0.15, -0.1) is 12.3 Å². The minimum atomic E-state index is -0.427. The minimum absolute atomic E-state index is 0.206. The van der Waals surface area contributed by atoms with Gasteiger partial charge in [-0.25, -0.2) is 5.10 Å². The highest BCUT2D eigenvalue weighted by Gasteiger charge is 2.38. The van der Waals surface area contributed by atoms with Crippen LogP contribution in [0.2, 0.25) is 0 Å². The first kappa shape index (κ1) is 15.4. The Bertz CT molecular complexity index is 738. The van der Waals surface area contributed by atoms with Crippen LogP contribution in [-0.4, -0.2) is 28.3 Å². The first-order valence-electron chi connectivity index (χ1n) is 7.91. The van der Waals surface area contributed by atoms with Crippen molar-refractivity contribution < 1.29 is 4.79 Å². The van der Waals surface area contributed by atoms with Crippen LogP contribution in [0, 0.1) is 12.3 Å². The second-order valence-electron chi connectivity index (χ2n) is 5.95. The largest absolute Gasteiger partial charge is 0.352 e. The van der Waals surface area contributed by atoms with E-state index in [1.165, 1.54) is 0 Å². The number of fused-ring (bicyclic) bond motifs is 1. The van der Waals surface area contributed by atoms with Gasteiger partial charge in [0.05, 0.1) is 5.69 Å². The number of hydrogen-bond donors (Lipinski definition) is 2. The number of carbonyl (C=O) groups excluding carboxylic acids is 1. The number of rotatable bonds is 6. The van der Waals surface area contributed by atoms with E-state index in [2.05, 4.69) is 31.7 Å². The molecule has 0 atom stereocenters. The molecule has 1 amide bonds. The van der Waals surface area contributed by atoms with E-state index in [9.17, 15) is 9.59 Å². The van der Waals surface area contributed by atoms with Crippen molar-refractivity contribution in [3.05, 3.63) is 27.2 Å². The molecule has 2 N–H and O–H groups in total. The van der Waals surface area contributed by atoms with Crippen LogP contribution >= 0.6 is 0 Å². The fourth-order valence-electron chi connectivity index (χ4n) is 2.97. The summed E-state index contributed by atoms with van der Waals surface area (Å²) in [6, 6.07) is 0. The van der Waals surface area contributed by atoms with Crippen molar-refractivity contribution in [2.45, 2.75) is 50.6 Å². The minimum Gasteiger partial charge on any atom is -0.352 e. The maximum absolute atomic E-state index is 12.4. The third-order valence-electron chi connectivity index (χ3n) is 4.35. The molecule has 2 aliphatic rings. The van der Waals surface area contributed by atoms with Crippen molar-refractivity contribution in [3.63, 3.8) is 0 Å². The third-order valence-corrected chi connectivity index (χ3v) is 4.35. The van der Waals surface area contributed by atoms with Crippen LogP contribution < -0.4 is 10.9 Å². The fraction of sp³-hybridized carbons (Fsp3) is 0.562. The Morgan fingerprint density at radius 1 is 1.30 bits per heavy atom. The number of nitrogens with one attached hydrogen (secondary N) is 2. The third kappa shape index (κ3) is 3.31. The number of aryl methyl sites for hydroxylation is 1. The number of H-pyrrole nitrogens is 1. The smallest absolute Gasteiger partial charge is 0.277 e. The topological polar surface area (TPSA) is 99.6 Å². The molecule has 2 heterocycles. The molecule has 1 aromatic heterocycles. The van der Waals surface area contributed by atoms with Gasteiger partial charge in [0.25, 0.3) is 11.5 Å². The molecular formula is C16H19N5O2. The van der Waals surface area contributed by atoms with Crippen molar-refractivity contribution in [1.29, 1.82) is 0 Å². The quantitative estimate of drug-likeness (QED) is 0.775. The summed E-state index contributed by atoms with van der Waals surface area (Å²) in [5.74, 6) is 2.22. The van der Waals surface area contributed by atoms with Crippen LogP contribution in [0.3, 0.4) is 0 Å². The molecule has 23 heavy (non-hydrogen) atoms. The van der Waals surface area contributed by atoms with Gasteiger partial charge in [-0.05, 0) is 31.2 Å². The Labute approximate surface area is 134 Å². The van der Waals surface area contributed by atoms with E-state index in [0.29, 0.717) is 25.8 Å². The lowest BCUT2D eigenvalue weighted by molar-refractivity contribution is 0.0948. The van der Waals surface area contributed by atoms with E-state index in [0.717, 1.165) is 36.9 Å². The van der Waals surface area contributed by atoms with Gasteiger partial charge in [0.15, 0.2) is 5.66 Å². The average molecular weight is 313 g/mol. The first-order chi connectivity index (χ1) is 11.2. The normalized spacial score (nSPS) is 17.2. The number of hydrogen-bond acceptors (Lipinski definition) is 5. The monoisotopic (exact) mass is 313 g/mol. The summed E-state index contributed by atoms with van der Waals surface area (Å²) in [7, 11) is 0. The van der Waals surface area contributed by atoms with Crippen LogP contribution in [0.4, 0.5) is 0 Å². The number of aromatic amines is 1. The summed E-state index contributed by atoms with van der Waals surface area (Å²) in [4.78, 5) is 24.4. The number of terminal acetylenes is 1. The molecule has 0 bridgehead atoms. The lowest BCUT2D eigenvalue weighted by Gasteiger charge is -2.17. The molecule has 1 aromatic rings. The maximum Gasteiger partial charge on any atom is 0.277 e. The summed E-state index contributed by atoms with van der Waals surface area (Å²) in [6.45, 7) is 0.410. The van der Waals surface area contributed by atoms with Gasteiger partial charge in [0.2, 0.25) is 0 Å². The molecule has 0 unspecified atom stereocenters. The Kier molecular flexibility index (Phi) is 4.24. The van der Waals surface area contributed by atoms with Crippen LogP contribution in [0.15, 0.2) is 15.0 Å². The van der Waals surface area contributed by atoms with Gasteiger partial charge in [-0.2, -0.15) is 15.3 Å². The van der Waals surface area contributed by atoms with E-state index in [1.54, 1.807) is 0 Å². The number of amides is 1. The number of carbonyl (C=O) groups is 1. The highest BCUT2D eigenvalue weighted by atomic mass is 16.2. The van der Waals surface area contributed by atoms with Crippen LogP contribution in [0.1, 0.15) is 53.7 Å². The van der Waals surface area contributed by atoms with E-state index in [-0.39, 0.29) is 11.5 Å². The molecule has 0 spiro atoms. The Balaban J connectivity index is 1.63. The average Bonchev–Trinajstić information content (AvgIpc) is 3.33. The van der Waals surface area contributed by atoms with Crippen molar-refractivity contribution in [2.75, 3.05) is 6.54 Å². The molecule has 7 nitrogen and oxygen atoms in total. The van der Waals surface area contributed by atoms with Crippen LogP contribution in [0.25, 0.3) is 0 Å². The van der Waals surface area contributed by atoms with E-state index in [4.69, 9.17) is 6.42 Å². The Morgan fingerprint density at radius 3 is 2.83 bits per heavy atom. The predicted molar refractivity (Wildman–Crippen MR) is 84.1 cm³/mol. The van der Waals surface area contributed by atoms with E-state index >= 15 is 0 Å². The van der Waals surface area contributed by atoms with E-state index < -0.39 is 11.2 Å².